The minimum absolute atomic E-state index is 0.240. The summed E-state index contributed by atoms with van der Waals surface area (Å²) in [6, 6.07) is 0. The van der Waals surface area contributed by atoms with E-state index >= 15 is 0 Å². The summed E-state index contributed by atoms with van der Waals surface area (Å²) in [6.45, 7) is 3.47. The second kappa shape index (κ2) is 4.57. The molecule has 2 heterocycles. The standard InChI is InChI=1S/C11H14N2OS/c1-2-10(14)13-6-3-9(4-7-13)11-12-5-8-15-11/h3,5,8H,2,4,6-7H2,1H3. The molecule has 0 N–H and O–H groups in total. The van der Waals surface area contributed by atoms with Gasteiger partial charge in [0.25, 0.3) is 0 Å². The third kappa shape index (κ3) is 2.26. The van der Waals surface area contributed by atoms with Crippen LogP contribution in [0.15, 0.2) is 17.7 Å². The van der Waals surface area contributed by atoms with Crippen LogP contribution in [0.3, 0.4) is 0 Å². The Balaban J connectivity index is 2.04. The Morgan fingerprint density at radius 2 is 2.53 bits per heavy atom. The van der Waals surface area contributed by atoms with E-state index in [2.05, 4.69) is 11.1 Å². The highest BCUT2D eigenvalue weighted by Gasteiger charge is 2.17. The van der Waals surface area contributed by atoms with Gasteiger partial charge in [0.2, 0.25) is 5.91 Å². The van der Waals surface area contributed by atoms with Crippen LogP contribution in [0.4, 0.5) is 0 Å². The SMILES string of the molecule is CCC(=O)N1CC=C(c2nccs2)CC1. The van der Waals surface area contributed by atoms with E-state index in [0.717, 1.165) is 24.5 Å². The summed E-state index contributed by atoms with van der Waals surface area (Å²) in [4.78, 5) is 17.6. The average Bonchev–Trinajstić information content (AvgIpc) is 2.82. The summed E-state index contributed by atoms with van der Waals surface area (Å²) in [6.07, 6.45) is 5.47. The maximum atomic E-state index is 11.4. The van der Waals surface area contributed by atoms with E-state index in [4.69, 9.17) is 0 Å². The number of hydrogen-bond donors (Lipinski definition) is 0. The van der Waals surface area contributed by atoms with Gasteiger partial charge >= 0.3 is 0 Å². The molecule has 4 heteroatoms. The molecule has 1 aromatic rings. The molecule has 0 atom stereocenters. The van der Waals surface area contributed by atoms with Crippen molar-refractivity contribution < 1.29 is 4.79 Å². The summed E-state index contributed by atoms with van der Waals surface area (Å²) in [5.74, 6) is 0.240. The van der Waals surface area contributed by atoms with E-state index in [1.54, 1.807) is 11.3 Å². The molecule has 3 nitrogen and oxygen atoms in total. The van der Waals surface area contributed by atoms with Crippen LogP contribution >= 0.6 is 11.3 Å². The third-order valence-electron chi connectivity index (χ3n) is 2.57. The second-order valence-electron chi connectivity index (χ2n) is 3.51. The van der Waals surface area contributed by atoms with Crippen LogP contribution < -0.4 is 0 Å². The van der Waals surface area contributed by atoms with E-state index in [1.807, 2.05) is 23.4 Å². The predicted molar refractivity (Wildman–Crippen MR) is 61.6 cm³/mol. The average molecular weight is 222 g/mol. The molecule has 0 saturated carbocycles. The second-order valence-corrected chi connectivity index (χ2v) is 4.40. The fraction of sp³-hybridized carbons (Fsp3) is 0.455. The first-order valence-corrected chi connectivity index (χ1v) is 6.06. The third-order valence-corrected chi connectivity index (χ3v) is 3.42. The molecule has 0 spiro atoms. The molecule has 0 bridgehead atoms. The van der Waals surface area contributed by atoms with Crippen LogP contribution in [0.5, 0.6) is 0 Å². The van der Waals surface area contributed by atoms with Crippen molar-refractivity contribution in [3.63, 3.8) is 0 Å². The van der Waals surface area contributed by atoms with Crippen molar-refractivity contribution >= 4 is 22.8 Å². The minimum atomic E-state index is 0.240. The van der Waals surface area contributed by atoms with Gasteiger partial charge in [-0.25, -0.2) is 4.98 Å². The van der Waals surface area contributed by atoms with E-state index in [0.29, 0.717) is 6.42 Å². The summed E-state index contributed by atoms with van der Waals surface area (Å²) >= 11 is 1.66. The van der Waals surface area contributed by atoms with Crippen LogP contribution in [-0.4, -0.2) is 28.9 Å². The smallest absolute Gasteiger partial charge is 0.222 e. The first kappa shape index (κ1) is 10.4. The van der Waals surface area contributed by atoms with Crippen molar-refractivity contribution in [2.45, 2.75) is 19.8 Å². The molecule has 1 aliphatic heterocycles. The lowest BCUT2D eigenvalue weighted by Crippen LogP contribution is -2.34. The zero-order valence-electron chi connectivity index (χ0n) is 8.77. The molecule has 0 radical (unpaired) electrons. The Bertz CT molecular complexity index is 370. The molecular formula is C11H14N2OS. The van der Waals surface area contributed by atoms with Gasteiger partial charge in [-0.1, -0.05) is 13.0 Å². The molecule has 0 saturated heterocycles. The van der Waals surface area contributed by atoms with Crippen molar-refractivity contribution in [3.8, 4) is 0 Å². The quantitative estimate of drug-likeness (QED) is 0.768. The summed E-state index contributed by atoms with van der Waals surface area (Å²) in [5.41, 5.74) is 1.28. The summed E-state index contributed by atoms with van der Waals surface area (Å²) in [5, 5.41) is 3.08. The first-order chi connectivity index (χ1) is 7.31. The van der Waals surface area contributed by atoms with Gasteiger partial charge in [0.05, 0.1) is 0 Å². The fourth-order valence-electron chi connectivity index (χ4n) is 1.70. The monoisotopic (exact) mass is 222 g/mol. The van der Waals surface area contributed by atoms with Crippen LogP contribution in [0.2, 0.25) is 0 Å². The lowest BCUT2D eigenvalue weighted by molar-refractivity contribution is -0.130. The Kier molecular flexibility index (Phi) is 3.16. The maximum absolute atomic E-state index is 11.4. The highest BCUT2D eigenvalue weighted by Crippen LogP contribution is 2.23. The molecule has 15 heavy (non-hydrogen) atoms. The first-order valence-electron chi connectivity index (χ1n) is 5.18. The highest BCUT2D eigenvalue weighted by molar-refractivity contribution is 7.10. The van der Waals surface area contributed by atoms with E-state index in [1.165, 1.54) is 5.57 Å². The number of thiazole rings is 1. The number of hydrogen-bond acceptors (Lipinski definition) is 3. The highest BCUT2D eigenvalue weighted by atomic mass is 32.1. The van der Waals surface area contributed by atoms with Gasteiger partial charge in [0.1, 0.15) is 5.01 Å². The van der Waals surface area contributed by atoms with Crippen molar-refractivity contribution in [2.75, 3.05) is 13.1 Å². The molecule has 80 valence electrons. The van der Waals surface area contributed by atoms with Crippen LogP contribution in [0.1, 0.15) is 24.8 Å². The largest absolute Gasteiger partial charge is 0.339 e. The number of amides is 1. The van der Waals surface area contributed by atoms with E-state index < -0.39 is 0 Å². The van der Waals surface area contributed by atoms with Crippen LogP contribution in [0.25, 0.3) is 5.57 Å². The number of nitrogens with zero attached hydrogens (tertiary/aromatic N) is 2. The van der Waals surface area contributed by atoms with Crippen molar-refractivity contribution in [2.24, 2.45) is 0 Å². The fourth-order valence-corrected chi connectivity index (χ4v) is 2.40. The Morgan fingerprint density at radius 3 is 3.07 bits per heavy atom. The Hall–Kier alpha value is -1.16. The van der Waals surface area contributed by atoms with E-state index in [-0.39, 0.29) is 5.91 Å². The molecule has 2 rings (SSSR count). The minimum Gasteiger partial charge on any atom is -0.339 e. The normalized spacial score (nSPS) is 16.3. The Morgan fingerprint density at radius 1 is 1.67 bits per heavy atom. The van der Waals surface area contributed by atoms with Crippen molar-refractivity contribution in [3.05, 3.63) is 22.7 Å². The van der Waals surface area contributed by atoms with Gasteiger partial charge in [0, 0.05) is 31.1 Å². The zero-order valence-corrected chi connectivity index (χ0v) is 9.59. The number of rotatable bonds is 2. The predicted octanol–water partition coefficient (Wildman–Crippen LogP) is 2.17. The summed E-state index contributed by atoms with van der Waals surface area (Å²) < 4.78 is 0. The van der Waals surface area contributed by atoms with Crippen LogP contribution in [0, 0.1) is 0 Å². The number of carbonyl (C=O) groups excluding carboxylic acids is 1. The molecule has 1 amide bonds. The molecule has 1 aliphatic rings. The van der Waals surface area contributed by atoms with E-state index in [9.17, 15) is 4.79 Å². The topological polar surface area (TPSA) is 33.2 Å². The molecule has 0 fully saturated rings. The van der Waals surface area contributed by atoms with Gasteiger partial charge in [-0.3, -0.25) is 4.79 Å². The van der Waals surface area contributed by atoms with Gasteiger partial charge < -0.3 is 4.90 Å². The molecule has 1 aromatic heterocycles. The molecular weight excluding hydrogens is 208 g/mol. The van der Waals surface area contributed by atoms with Gasteiger partial charge in [-0.15, -0.1) is 11.3 Å². The van der Waals surface area contributed by atoms with Gasteiger partial charge in [0.15, 0.2) is 0 Å². The maximum Gasteiger partial charge on any atom is 0.222 e. The van der Waals surface area contributed by atoms with Crippen molar-refractivity contribution in [1.29, 1.82) is 0 Å². The van der Waals surface area contributed by atoms with Gasteiger partial charge in [-0.05, 0) is 12.0 Å². The Labute approximate surface area is 93.4 Å². The molecule has 0 unspecified atom stereocenters. The zero-order chi connectivity index (χ0) is 10.7. The lowest BCUT2D eigenvalue weighted by atomic mass is 10.1. The van der Waals surface area contributed by atoms with Crippen LogP contribution in [-0.2, 0) is 4.79 Å². The number of carbonyl (C=O) groups is 1. The summed E-state index contributed by atoms with van der Waals surface area (Å²) in [7, 11) is 0. The lowest BCUT2D eigenvalue weighted by Gasteiger charge is -2.25. The molecule has 0 aliphatic carbocycles. The molecule has 0 aromatic carbocycles. The van der Waals surface area contributed by atoms with Gasteiger partial charge in [-0.2, -0.15) is 0 Å². The van der Waals surface area contributed by atoms with Crippen molar-refractivity contribution in [1.82, 2.24) is 9.88 Å². The number of aromatic nitrogens is 1.